The van der Waals surface area contributed by atoms with Crippen LogP contribution in [-0.2, 0) is 6.42 Å². The molecule has 0 aliphatic rings. The summed E-state index contributed by atoms with van der Waals surface area (Å²) < 4.78 is 26.4. The first-order valence-corrected chi connectivity index (χ1v) is 6.49. The van der Waals surface area contributed by atoms with Crippen LogP contribution in [-0.4, -0.2) is 12.1 Å². The van der Waals surface area contributed by atoms with Gasteiger partial charge in [-0.3, -0.25) is 0 Å². The number of halogens is 2. The predicted octanol–water partition coefficient (Wildman–Crippen LogP) is 3.34. The number of nitrogens with two attached hydrogens (primary N) is 1. The highest BCUT2D eigenvalue weighted by molar-refractivity contribution is 5.46. The van der Waals surface area contributed by atoms with E-state index in [2.05, 4.69) is 5.32 Å². The van der Waals surface area contributed by atoms with Gasteiger partial charge in [0.05, 0.1) is 5.54 Å². The molecule has 0 heterocycles. The zero-order valence-electron chi connectivity index (χ0n) is 11.4. The number of hydrogen-bond donors (Lipinski definition) is 2. The van der Waals surface area contributed by atoms with Crippen molar-refractivity contribution in [2.45, 2.75) is 18.9 Å². The molecule has 0 saturated heterocycles. The van der Waals surface area contributed by atoms with Crippen molar-refractivity contribution in [3.63, 3.8) is 0 Å². The summed E-state index contributed by atoms with van der Waals surface area (Å²) in [5.74, 6) is -0.576. The summed E-state index contributed by atoms with van der Waals surface area (Å²) in [7, 11) is 0. The second kappa shape index (κ2) is 6.01. The van der Waals surface area contributed by atoms with E-state index in [1.807, 2.05) is 13.0 Å². The lowest BCUT2D eigenvalue weighted by molar-refractivity contribution is 0.517. The summed E-state index contributed by atoms with van der Waals surface area (Å²) >= 11 is 0. The second-order valence-electron chi connectivity index (χ2n) is 5.21. The maximum Gasteiger partial charge on any atom is 0.125 e. The van der Waals surface area contributed by atoms with Crippen LogP contribution in [0.15, 0.2) is 48.5 Å². The van der Waals surface area contributed by atoms with Crippen molar-refractivity contribution in [3.8, 4) is 0 Å². The van der Waals surface area contributed by atoms with Crippen LogP contribution in [0.25, 0.3) is 0 Å². The average molecular weight is 276 g/mol. The minimum atomic E-state index is -0.471. The highest BCUT2D eigenvalue weighted by Crippen LogP contribution is 2.20. The number of benzene rings is 2. The Labute approximate surface area is 117 Å². The normalized spacial score (nSPS) is 13.8. The fourth-order valence-electron chi connectivity index (χ4n) is 2.18. The van der Waals surface area contributed by atoms with Gasteiger partial charge in [0.1, 0.15) is 11.6 Å². The standard InChI is InChI=1S/C16H18F2N2/c1-16(11-19,10-12-4-2-5-13(17)8-12)20-15-7-3-6-14(18)9-15/h2-9,20H,10-11,19H2,1H3. The minimum absolute atomic E-state index is 0.271. The average Bonchev–Trinajstić information content (AvgIpc) is 2.38. The molecule has 2 aromatic rings. The van der Waals surface area contributed by atoms with Crippen LogP contribution in [0.4, 0.5) is 14.5 Å². The molecule has 20 heavy (non-hydrogen) atoms. The van der Waals surface area contributed by atoms with Crippen LogP contribution in [0.1, 0.15) is 12.5 Å². The number of rotatable bonds is 5. The zero-order chi connectivity index (χ0) is 14.6. The molecule has 2 nitrogen and oxygen atoms in total. The lowest BCUT2D eigenvalue weighted by Gasteiger charge is -2.31. The molecular weight excluding hydrogens is 258 g/mol. The Hall–Kier alpha value is -1.94. The van der Waals surface area contributed by atoms with Gasteiger partial charge >= 0.3 is 0 Å². The van der Waals surface area contributed by atoms with Crippen LogP contribution >= 0.6 is 0 Å². The first-order valence-electron chi connectivity index (χ1n) is 6.49. The third kappa shape index (κ3) is 3.78. The lowest BCUT2D eigenvalue weighted by atomic mass is 9.92. The molecule has 0 saturated carbocycles. The molecule has 1 unspecified atom stereocenters. The van der Waals surface area contributed by atoms with Crippen LogP contribution in [0, 0.1) is 11.6 Å². The topological polar surface area (TPSA) is 38.0 Å². The first kappa shape index (κ1) is 14.5. The van der Waals surface area contributed by atoms with E-state index in [1.54, 1.807) is 18.2 Å². The molecule has 0 amide bonds. The molecule has 106 valence electrons. The summed E-state index contributed by atoms with van der Waals surface area (Å²) in [4.78, 5) is 0. The zero-order valence-corrected chi connectivity index (χ0v) is 11.4. The number of nitrogens with one attached hydrogen (secondary N) is 1. The van der Waals surface area contributed by atoms with E-state index in [1.165, 1.54) is 24.3 Å². The Morgan fingerprint density at radius 1 is 1.05 bits per heavy atom. The van der Waals surface area contributed by atoms with E-state index in [0.717, 1.165) is 5.56 Å². The van der Waals surface area contributed by atoms with Crippen molar-refractivity contribution in [3.05, 3.63) is 65.7 Å². The Kier molecular flexibility index (Phi) is 4.35. The molecular formula is C16H18F2N2. The van der Waals surface area contributed by atoms with Gasteiger partial charge in [-0.05, 0) is 49.2 Å². The molecule has 0 aliphatic carbocycles. The van der Waals surface area contributed by atoms with Crippen molar-refractivity contribution in [1.29, 1.82) is 0 Å². The molecule has 4 heteroatoms. The van der Waals surface area contributed by atoms with Gasteiger partial charge in [-0.2, -0.15) is 0 Å². The molecule has 1 atom stereocenters. The molecule has 0 aromatic heterocycles. The van der Waals surface area contributed by atoms with Crippen molar-refractivity contribution in [2.75, 3.05) is 11.9 Å². The summed E-state index contributed by atoms with van der Waals surface area (Å²) in [5.41, 5.74) is 6.87. The van der Waals surface area contributed by atoms with Crippen molar-refractivity contribution in [2.24, 2.45) is 5.73 Å². The van der Waals surface area contributed by atoms with E-state index in [4.69, 9.17) is 5.73 Å². The Balaban J connectivity index is 2.16. The molecule has 0 spiro atoms. The highest BCUT2D eigenvalue weighted by Gasteiger charge is 2.23. The lowest BCUT2D eigenvalue weighted by Crippen LogP contribution is -2.44. The molecule has 0 bridgehead atoms. The largest absolute Gasteiger partial charge is 0.378 e. The Morgan fingerprint density at radius 2 is 1.70 bits per heavy atom. The minimum Gasteiger partial charge on any atom is -0.378 e. The monoisotopic (exact) mass is 276 g/mol. The third-order valence-corrected chi connectivity index (χ3v) is 3.20. The van der Waals surface area contributed by atoms with E-state index in [0.29, 0.717) is 18.7 Å². The van der Waals surface area contributed by atoms with Gasteiger partial charge in [0.15, 0.2) is 0 Å². The van der Waals surface area contributed by atoms with E-state index < -0.39 is 5.54 Å². The summed E-state index contributed by atoms with van der Waals surface area (Å²) in [6.45, 7) is 2.28. The van der Waals surface area contributed by atoms with Gasteiger partial charge in [0, 0.05) is 12.2 Å². The van der Waals surface area contributed by atoms with E-state index in [-0.39, 0.29) is 11.6 Å². The van der Waals surface area contributed by atoms with E-state index in [9.17, 15) is 8.78 Å². The van der Waals surface area contributed by atoms with Gasteiger partial charge in [-0.25, -0.2) is 8.78 Å². The van der Waals surface area contributed by atoms with E-state index >= 15 is 0 Å². The number of hydrogen-bond acceptors (Lipinski definition) is 2. The highest BCUT2D eigenvalue weighted by atomic mass is 19.1. The molecule has 3 N–H and O–H groups in total. The smallest absolute Gasteiger partial charge is 0.125 e. The van der Waals surface area contributed by atoms with Gasteiger partial charge < -0.3 is 11.1 Å². The maximum atomic E-state index is 13.2. The predicted molar refractivity (Wildman–Crippen MR) is 77.6 cm³/mol. The second-order valence-corrected chi connectivity index (χ2v) is 5.21. The van der Waals surface area contributed by atoms with Gasteiger partial charge in [0.25, 0.3) is 0 Å². The van der Waals surface area contributed by atoms with Crippen molar-refractivity contribution < 1.29 is 8.78 Å². The number of anilines is 1. The quantitative estimate of drug-likeness (QED) is 0.879. The Morgan fingerprint density at radius 3 is 2.30 bits per heavy atom. The molecule has 2 rings (SSSR count). The van der Waals surface area contributed by atoms with Crippen LogP contribution in [0.5, 0.6) is 0 Å². The molecule has 2 aromatic carbocycles. The SMILES string of the molecule is CC(CN)(Cc1cccc(F)c1)Nc1cccc(F)c1. The molecule has 0 fully saturated rings. The molecule has 0 radical (unpaired) electrons. The van der Waals surface area contributed by atoms with Gasteiger partial charge in [-0.1, -0.05) is 18.2 Å². The maximum absolute atomic E-state index is 13.2. The fourth-order valence-corrected chi connectivity index (χ4v) is 2.18. The first-order chi connectivity index (χ1) is 9.50. The van der Waals surface area contributed by atoms with Gasteiger partial charge in [-0.15, -0.1) is 0 Å². The van der Waals surface area contributed by atoms with Crippen LogP contribution in [0.3, 0.4) is 0 Å². The fraction of sp³-hybridized carbons (Fsp3) is 0.250. The molecule has 0 aliphatic heterocycles. The summed E-state index contributed by atoms with van der Waals surface area (Å²) in [6, 6.07) is 12.6. The van der Waals surface area contributed by atoms with Crippen LogP contribution < -0.4 is 11.1 Å². The van der Waals surface area contributed by atoms with Gasteiger partial charge in [0.2, 0.25) is 0 Å². The van der Waals surface area contributed by atoms with Crippen molar-refractivity contribution in [1.82, 2.24) is 0 Å². The summed E-state index contributed by atoms with van der Waals surface area (Å²) in [5, 5.41) is 3.23. The summed E-state index contributed by atoms with van der Waals surface area (Å²) in [6.07, 6.45) is 0.553. The third-order valence-electron chi connectivity index (χ3n) is 3.20. The van der Waals surface area contributed by atoms with Crippen molar-refractivity contribution >= 4 is 5.69 Å². The van der Waals surface area contributed by atoms with Crippen LogP contribution in [0.2, 0.25) is 0 Å². The Bertz CT molecular complexity index is 537.